The molecule has 0 atom stereocenters. The Bertz CT molecular complexity index is 622. The zero-order valence-corrected chi connectivity index (χ0v) is 13.7. The molecule has 6 heteroatoms. The van der Waals surface area contributed by atoms with Gasteiger partial charge in [-0.15, -0.1) is 0 Å². The lowest BCUT2D eigenvalue weighted by atomic mass is 10.2. The van der Waals surface area contributed by atoms with E-state index in [1.54, 1.807) is 12.1 Å². The van der Waals surface area contributed by atoms with E-state index >= 15 is 0 Å². The molecule has 0 saturated heterocycles. The third-order valence-electron chi connectivity index (χ3n) is 3.30. The maximum Gasteiger partial charge on any atom is 0.166 e. The Balaban J connectivity index is 1.63. The molecule has 118 valence electrons. The lowest BCUT2D eigenvalue weighted by molar-refractivity contribution is 0.556. The Hall–Kier alpha value is -1.95. The zero-order valence-electron chi connectivity index (χ0n) is 12.9. The Kier molecular flexibility index (Phi) is 5.89. The molecule has 4 nitrogen and oxygen atoms in total. The average Bonchev–Trinajstić information content (AvgIpc) is 2.81. The number of aryl methyl sites for hydroxylation is 3. The van der Waals surface area contributed by atoms with Crippen LogP contribution in [0.5, 0.6) is 0 Å². The standard InChI is InChI=1S/C16H21FN4S/c1-12-10-13(2)21(20-12)9-3-8-18-16(22)19-11-14-4-6-15(17)7-5-14/h4-7,10H,3,8-9,11H2,1-2H3,(H2,18,19,22). The zero-order chi connectivity index (χ0) is 15.9. The molecule has 0 aliphatic heterocycles. The molecule has 0 unspecified atom stereocenters. The minimum absolute atomic E-state index is 0.228. The summed E-state index contributed by atoms with van der Waals surface area (Å²) in [4.78, 5) is 0. The summed E-state index contributed by atoms with van der Waals surface area (Å²) in [6.45, 7) is 6.29. The monoisotopic (exact) mass is 320 g/mol. The van der Waals surface area contributed by atoms with Crippen molar-refractivity contribution < 1.29 is 4.39 Å². The molecule has 1 aromatic heterocycles. The lowest BCUT2D eigenvalue weighted by Gasteiger charge is -2.11. The van der Waals surface area contributed by atoms with Crippen LogP contribution in [0.4, 0.5) is 4.39 Å². The van der Waals surface area contributed by atoms with Crippen LogP contribution < -0.4 is 10.6 Å². The van der Waals surface area contributed by atoms with Gasteiger partial charge in [-0.25, -0.2) is 4.39 Å². The summed E-state index contributed by atoms with van der Waals surface area (Å²) in [5.74, 6) is -0.228. The smallest absolute Gasteiger partial charge is 0.166 e. The molecular weight excluding hydrogens is 299 g/mol. The quantitative estimate of drug-likeness (QED) is 0.634. The van der Waals surface area contributed by atoms with Crippen molar-refractivity contribution in [2.75, 3.05) is 6.54 Å². The van der Waals surface area contributed by atoms with Crippen LogP contribution in [0.1, 0.15) is 23.4 Å². The molecule has 0 saturated carbocycles. The van der Waals surface area contributed by atoms with E-state index in [1.807, 2.05) is 11.6 Å². The topological polar surface area (TPSA) is 41.9 Å². The molecule has 2 rings (SSSR count). The minimum Gasteiger partial charge on any atom is -0.363 e. The van der Waals surface area contributed by atoms with Gasteiger partial charge in [0, 0.05) is 25.3 Å². The second-order valence-electron chi connectivity index (χ2n) is 5.24. The summed E-state index contributed by atoms with van der Waals surface area (Å²) in [5, 5.41) is 11.3. The van der Waals surface area contributed by atoms with E-state index in [9.17, 15) is 4.39 Å². The van der Waals surface area contributed by atoms with Crippen LogP contribution in [-0.2, 0) is 13.1 Å². The molecule has 22 heavy (non-hydrogen) atoms. The summed E-state index contributed by atoms with van der Waals surface area (Å²) in [6, 6.07) is 8.45. The van der Waals surface area contributed by atoms with E-state index in [-0.39, 0.29) is 5.82 Å². The number of nitrogens with one attached hydrogen (secondary N) is 2. The molecule has 0 aliphatic carbocycles. The van der Waals surface area contributed by atoms with Crippen molar-refractivity contribution in [3.63, 3.8) is 0 Å². The van der Waals surface area contributed by atoms with Crippen LogP contribution in [0, 0.1) is 19.7 Å². The van der Waals surface area contributed by atoms with E-state index in [0.717, 1.165) is 30.8 Å². The normalized spacial score (nSPS) is 10.5. The van der Waals surface area contributed by atoms with Crippen LogP contribution >= 0.6 is 12.2 Å². The molecule has 2 aromatic rings. The summed E-state index contributed by atoms with van der Waals surface area (Å²) in [5.41, 5.74) is 3.21. The van der Waals surface area contributed by atoms with E-state index in [1.165, 1.54) is 17.8 Å². The predicted octanol–water partition coefficient (Wildman–Crippen LogP) is 2.69. The number of halogens is 1. The number of nitrogens with zero attached hydrogens (tertiary/aromatic N) is 2. The van der Waals surface area contributed by atoms with Crippen molar-refractivity contribution in [2.24, 2.45) is 0 Å². The first-order valence-electron chi connectivity index (χ1n) is 7.32. The van der Waals surface area contributed by atoms with Crippen LogP contribution in [0.25, 0.3) is 0 Å². The molecule has 0 fully saturated rings. The number of benzene rings is 1. The molecular formula is C16H21FN4S. The highest BCUT2D eigenvalue weighted by Crippen LogP contribution is 2.03. The van der Waals surface area contributed by atoms with Crippen molar-refractivity contribution in [3.05, 3.63) is 53.1 Å². The third-order valence-corrected chi connectivity index (χ3v) is 3.59. The van der Waals surface area contributed by atoms with Gasteiger partial charge in [-0.05, 0) is 56.2 Å². The van der Waals surface area contributed by atoms with E-state index in [4.69, 9.17) is 12.2 Å². The number of rotatable bonds is 6. The first-order valence-corrected chi connectivity index (χ1v) is 7.72. The summed E-state index contributed by atoms with van der Waals surface area (Å²) < 4.78 is 14.8. The summed E-state index contributed by atoms with van der Waals surface area (Å²) in [7, 11) is 0. The minimum atomic E-state index is -0.228. The summed E-state index contributed by atoms with van der Waals surface area (Å²) in [6.07, 6.45) is 0.945. The first kappa shape index (κ1) is 16.4. The number of thiocarbonyl (C=S) groups is 1. The highest BCUT2D eigenvalue weighted by molar-refractivity contribution is 7.80. The predicted molar refractivity (Wildman–Crippen MR) is 90.2 cm³/mol. The molecule has 1 heterocycles. The second kappa shape index (κ2) is 7.89. The van der Waals surface area contributed by atoms with E-state index < -0.39 is 0 Å². The third kappa shape index (κ3) is 5.11. The van der Waals surface area contributed by atoms with Crippen LogP contribution in [0.2, 0.25) is 0 Å². The fourth-order valence-corrected chi connectivity index (χ4v) is 2.35. The average molecular weight is 320 g/mol. The van der Waals surface area contributed by atoms with Crippen molar-refractivity contribution >= 4 is 17.3 Å². The molecule has 1 aromatic carbocycles. The molecule has 2 N–H and O–H groups in total. The Morgan fingerprint density at radius 2 is 1.95 bits per heavy atom. The van der Waals surface area contributed by atoms with Crippen molar-refractivity contribution in [1.82, 2.24) is 20.4 Å². The fraction of sp³-hybridized carbons (Fsp3) is 0.375. The molecule has 0 aliphatic rings. The fourth-order valence-electron chi connectivity index (χ4n) is 2.18. The summed E-state index contributed by atoms with van der Waals surface area (Å²) >= 11 is 5.22. The van der Waals surface area contributed by atoms with Gasteiger partial charge in [0.2, 0.25) is 0 Å². The second-order valence-corrected chi connectivity index (χ2v) is 5.65. The Morgan fingerprint density at radius 1 is 1.23 bits per heavy atom. The Labute approximate surface area is 135 Å². The lowest BCUT2D eigenvalue weighted by Crippen LogP contribution is -2.35. The van der Waals surface area contributed by atoms with Gasteiger partial charge in [-0.1, -0.05) is 12.1 Å². The molecule has 0 bridgehead atoms. The Morgan fingerprint density at radius 3 is 2.59 bits per heavy atom. The molecule has 0 amide bonds. The van der Waals surface area contributed by atoms with Crippen LogP contribution in [-0.4, -0.2) is 21.4 Å². The van der Waals surface area contributed by atoms with Gasteiger partial charge < -0.3 is 10.6 Å². The van der Waals surface area contributed by atoms with Gasteiger partial charge >= 0.3 is 0 Å². The van der Waals surface area contributed by atoms with Gasteiger partial charge in [-0.2, -0.15) is 5.10 Å². The van der Waals surface area contributed by atoms with Crippen molar-refractivity contribution in [2.45, 2.75) is 33.4 Å². The van der Waals surface area contributed by atoms with Gasteiger partial charge in [0.1, 0.15) is 5.82 Å². The van der Waals surface area contributed by atoms with Gasteiger partial charge in [0.05, 0.1) is 5.69 Å². The van der Waals surface area contributed by atoms with Crippen molar-refractivity contribution in [3.8, 4) is 0 Å². The number of hydrogen-bond acceptors (Lipinski definition) is 2. The van der Waals surface area contributed by atoms with Gasteiger partial charge in [0.15, 0.2) is 5.11 Å². The van der Waals surface area contributed by atoms with Crippen LogP contribution in [0.3, 0.4) is 0 Å². The first-order chi connectivity index (χ1) is 10.5. The van der Waals surface area contributed by atoms with Gasteiger partial charge in [-0.3, -0.25) is 4.68 Å². The van der Waals surface area contributed by atoms with Crippen LogP contribution in [0.15, 0.2) is 30.3 Å². The maximum absolute atomic E-state index is 12.8. The molecule has 0 radical (unpaired) electrons. The van der Waals surface area contributed by atoms with E-state index in [2.05, 4.69) is 28.7 Å². The number of hydrogen-bond donors (Lipinski definition) is 2. The maximum atomic E-state index is 12.8. The van der Waals surface area contributed by atoms with E-state index in [0.29, 0.717) is 11.7 Å². The molecule has 0 spiro atoms. The highest BCUT2D eigenvalue weighted by Gasteiger charge is 2.01. The van der Waals surface area contributed by atoms with Gasteiger partial charge in [0.25, 0.3) is 0 Å². The number of aromatic nitrogens is 2. The highest BCUT2D eigenvalue weighted by atomic mass is 32.1. The SMILES string of the molecule is Cc1cc(C)n(CCCNC(=S)NCc2ccc(F)cc2)n1. The largest absolute Gasteiger partial charge is 0.363 e. The van der Waals surface area contributed by atoms with Crippen molar-refractivity contribution in [1.29, 1.82) is 0 Å².